The van der Waals surface area contributed by atoms with Gasteiger partial charge in [0.05, 0.1) is 12.2 Å². The van der Waals surface area contributed by atoms with Gasteiger partial charge in [0.15, 0.2) is 0 Å². The summed E-state index contributed by atoms with van der Waals surface area (Å²) in [6, 6.07) is -3.72. The summed E-state index contributed by atoms with van der Waals surface area (Å²) in [4.78, 5) is 92.4. The van der Waals surface area contributed by atoms with Gasteiger partial charge in [-0.1, -0.05) is 85.5 Å². The van der Waals surface area contributed by atoms with Crippen molar-refractivity contribution in [2.75, 3.05) is 6.54 Å². The maximum Gasteiger partial charge on any atom is 0.289 e. The molecule has 0 bridgehead atoms. The van der Waals surface area contributed by atoms with Gasteiger partial charge in [0, 0.05) is 25.0 Å². The maximum atomic E-state index is 14.8. The lowest BCUT2D eigenvalue weighted by Crippen LogP contribution is -2.62. The Morgan fingerprint density at radius 2 is 1.52 bits per heavy atom. The number of nitrogens with one attached hydrogen (secondary N) is 4. The molecule has 0 aromatic carbocycles. The van der Waals surface area contributed by atoms with Crippen molar-refractivity contribution in [3.63, 3.8) is 0 Å². The zero-order valence-electron chi connectivity index (χ0n) is 31.5. The zero-order valence-corrected chi connectivity index (χ0v) is 31.5. The summed E-state index contributed by atoms with van der Waals surface area (Å²) in [5.74, 6) is -3.08. The van der Waals surface area contributed by atoms with E-state index < -0.39 is 59.0 Å². The minimum atomic E-state index is -1.00. The fourth-order valence-corrected chi connectivity index (χ4v) is 8.46. The Hall–Kier alpha value is -3.90. The molecular formula is C39H59N7O6. The van der Waals surface area contributed by atoms with Crippen LogP contribution in [-0.4, -0.2) is 86.9 Å². The second-order valence-corrected chi connectivity index (χ2v) is 16.5. The number of ketones is 1. The van der Waals surface area contributed by atoms with E-state index in [9.17, 15) is 28.8 Å². The molecule has 0 radical (unpaired) electrons. The van der Waals surface area contributed by atoms with E-state index in [1.165, 1.54) is 18.6 Å². The Labute approximate surface area is 308 Å². The Bertz CT molecular complexity index is 1430. The number of aromatic nitrogens is 2. The molecule has 4 aliphatic rings. The third kappa shape index (κ3) is 9.95. The molecule has 3 saturated carbocycles. The highest BCUT2D eigenvalue weighted by Crippen LogP contribution is 2.40. The lowest BCUT2D eigenvalue weighted by atomic mass is 9.76. The molecule has 286 valence electrons. The van der Waals surface area contributed by atoms with E-state index in [0.29, 0.717) is 25.8 Å². The molecule has 5 atom stereocenters. The van der Waals surface area contributed by atoms with Crippen LogP contribution in [0.3, 0.4) is 0 Å². The molecule has 2 heterocycles. The number of amides is 5. The van der Waals surface area contributed by atoms with Crippen LogP contribution in [0.15, 0.2) is 18.6 Å². The third-order valence-corrected chi connectivity index (χ3v) is 11.5. The first-order valence-electron chi connectivity index (χ1n) is 19.7. The lowest BCUT2D eigenvalue weighted by molar-refractivity contribution is -0.146. The first-order valence-corrected chi connectivity index (χ1v) is 19.7. The van der Waals surface area contributed by atoms with E-state index in [1.807, 2.05) is 27.7 Å². The Morgan fingerprint density at radius 1 is 0.846 bits per heavy atom. The molecule has 0 spiro atoms. The zero-order chi connectivity index (χ0) is 37.4. The van der Waals surface area contributed by atoms with E-state index in [1.54, 1.807) is 4.90 Å². The van der Waals surface area contributed by atoms with Crippen molar-refractivity contribution in [2.24, 2.45) is 23.2 Å². The van der Waals surface area contributed by atoms with Crippen LogP contribution in [0, 0.1) is 23.2 Å². The predicted molar refractivity (Wildman–Crippen MR) is 194 cm³/mol. The highest BCUT2D eigenvalue weighted by Gasteiger charge is 2.49. The monoisotopic (exact) mass is 721 g/mol. The van der Waals surface area contributed by atoms with Gasteiger partial charge < -0.3 is 26.2 Å². The number of carbonyl (C=O) groups excluding carboxylic acids is 6. The van der Waals surface area contributed by atoms with Crippen LogP contribution in [0.5, 0.6) is 0 Å². The molecular weight excluding hydrogens is 662 g/mol. The molecule has 1 aromatic heterocycles. The van der Waals surface area contributed by atoms with Crippen LogP contribution < -0.4 is 21.3 Å². The maximum absolute atomic E-state index is 14.8. The highest BCUT2D eigenvalue weighted by atomic mass is 16.2. The van der Waals surface area contributed by atoms with Crippen molar-refractivity contribution in [2.45, 2.75) is 154 Å². The lowest BCUT2D eigenvalue weighted by Gasteiger charge is -2.39. The molecule has 13 nitrogen and oxygen atoms in total. The van der Waals surface area contributed by atoms with Crippen molar-refractivity contribution in [1.29, 1.82) is 0 Å². The smallest absolute Gasteiger partial charge is 0.289 e. The topological polar surface area (TPSA) is 180 Å². The van der Waals surface area contributed by atoms with Crippen molar-refractivity contribution in [1.82, 2.24) is 36.1 Å². The first kappa shape index (κ1) is 39.3. The molecule has 52 heavy (non-hydrogen) atoms. The summed E-state index contributed by atoms with van der Waals surface area (Å²) in [7, 11) is 0. The Morgan fingerprint density at radius 3 is 2.12 bits per heavy atom. The molecule has 13 heteroatoms. The number of hydrogen-bond acceptors (Lipinski definition) is 8. The summed E-state index contributed by atoms with van der Waals surface area (Å²) in [6.45, 7) is 7.87. The van der Waals surface area contributed by atoms with Gasteiger partial charge in [0.2, 0.25) is 23.5 Å². The number of carbonyl (C=O) groups is 6. The summed E-state index contributed by atoms with van der Waals surface area (Å²) in [5.41, 5.74) is -0.645. The molecule has 1 saturated heterocycles. The molecule has 1 aliphatic heterocycles. The van der Waals surface area contributed by atoms with Crippen molar-refractivity contribution < 1.29 is 28.8 Å². The van der Waals surface area contributed by atoms with Crippen LogP contribution >= 0.6 is 0 Å². The van der Waals surface area contributed by atoms with Crippen LogP contribution in [0.1, 0.15) is 134 Å². The fraction of sp³-hybridized carbons (Fsp3) is 0.744. The normalized spacial score (nSPS) is 23.2. The van der Waals surface area contributed by atoms with Crippen LogP contribution in [-0.2, 0) is 24.0 Å². The molecule has 4 fully saturated rings. The van der Waals surface area contributed by atoms with Crippen molar-refractivity contribution >= 4 is 35.3 Å². The van der Waals surface area contributed by atoms with Crippen LogP contribution in [0.4, 0.5) is 0 Å². The van der Waals surface area contributed by atoms with Gasteiger partial charge in [-0.15, -0.1) is 0 Å². The average molecular weight is 722 g/mol. The van der Waals surface area contributed by atoms with Crippen molar-refractivity contribution in [3.05, 3.63) is 24.3 Å². The summed E-state index contributed by atoms with van der Waals surface area (Å²) < 4.78 is 0. The van der Waals surface area contributed by atoms with Gasteiger partial charge in [0.25, 0.3) is 11.8 Å². The van der Waals surface area contributed by atoms with Gasteiger partial charge in [-0.05, 0) is 61.7 Å². The molecule has 4 N–H and O–H groups in total. The van der Waals surface area contributed by atoms with Gasteiger partial charge >= 0.3 is 0 Å². The van der Waals surface area contributed by atoms with Gasteiger partial charge in [0.1, 0.15) is 23.8 Å². The average Bonchev–Trinajstić information content (AvgIpc) is 3.85. The summed E-state index contributed by atoms with van der Waals surface area (Å²) >= 11 is 0. The molecule has 5 amide bonds. The fourth-order valence-electron chi connectivity index (χ4n) is 8.46. The van der Waals surface area contributed by atoms with Crippen molar-refractivity contribution in [3.8, 4) is 0 Å². The SMILES string of the molecule is CCCC(NC(=O)[C@@H]1[C@@H](C2CCCCC2)CCN1C(=O)[C@@H](NC(=O)[C@@H](NC(=O)c1cnccn1)C1CCCCC1)C(C)(C)C)C(=O)C(=O)NC1CC1. The molecule has 1 unspecified atom stereocenters. The third-order valence-electron chi connectivity index (χ3n) is 11.5. The summed E-state index contributed by atoms with van der Waals surface area (Å²) in [6.07, 6.45) is 17.1. The molecule has 3 aliphatic carbocycles. The predicted octanol–water partition coefficient (Wildman–Crippen LogP) is 3.62. The van der Waals surface area contributed by atoms with Crippen LogP contribution in [0.25, 0.3) is 0 Å². The molecule has 5 rings (SSSR count). The van der Waals surface area contributed by atoms with Gasteiger partial charge in [-0.2, -0.15) is 0 Å². The van der Waals surface area contributed by atoms with E-state index in [-0.39, 0.29) is 35.4 Å². The first-order chi connectivity index (χ1) is 24.9. The number of nitrogens with zero attached hydrogens (tertiary/aromatic N) is 3. The minimum Gasteiger partial charge on any atom is -0.347 e. The van der Waals surface area contributed by atoms with E-state index in [0.717, 1.165) is 77.0 Å². The summed E-state index contributed by atoms with van der Waals surface area (Å²) in [5, 5.41) is 11.6. The van der Waals surface area contributed by atoms with Crippen LogP contribution in [0.2, 0.25) is 0 Å². The quantitative estimate of drug-likeness (QED) is 0.211. The standard InChI is InChI=1S/C39H59N7O6/c1-5-12-28(32(47)37(51)42-26-17-18-26)43-36(50)31-27(24-13-8-6-9-14-24)19-22-46(31)38(52)33(39(2,3)4)45-35(49)30(25-15-10-7-11-16-25)44-34(48)29-23-40-20-21-41-29/h20-21,23-28,30-31,33H,5-19,22H2,1-4H3,(H,42,51)(H,43,50)(H,44,48)(H,45,49)/t27-,28?,30+,31+,33-/m1/s1. The van der Waals surface area contributed by atoms with E-state index >= 15 is 0 Å². The van der Waals surface area contributed by atoms with Gasteiger partial charge in [-0.25, -0.2) is 4.98 Å². The largest absolute Gasteiger partial charge is 0.347 e. The second kappa shape index (κ2) is 17.7. The highest BCUT2D eigenvalue weighted by molar-refractivity contribution is 6.38. The Balaban J connectivity index is 1.39. The number of rotatable bonds is 14. The number of Topliss-reactive ketones (excluding diaryl/α,β-unsaturated/α-hetero) is 1. The van der Waals surface area contributed by atoms with E-state index in [2.05, 4.69) is 31.2 Å². The number of likely N-dealkylation sites (tertiary alicyclic amines) is 1. The Kier molecular flexibility index (Phi) is 13.4. The molecule has 1 aromatic rings. The second-order valence-electron chi connectivity index (χ2n) is 16.5. The van der Waals surface area contributed by atoms with Gasteiger partial charge in [-0.3, -0.25) is 33.8 Å². The number of hydrogen-bond donors (Lipinski definition) is 4. The van der Waals surface area contributed by atoms with E-state index in [4.69, 9.17) is 0 Å². The minimum absolute atomic E-state index is 0.00985.